The third-order valence-electron chi connectivity index (χ3n) is 5.28. The predicted octanol–water partition coefficient (Wildman–Crippen LogP) is 5.54. The second-order valence-electron chi connectivity index (χ2n) is 7.82. The molecule has 0 aliphatic heterocycles. The van der Waals surface area contributed by atoms with E-state index >= 15 is 0 Å². The number of hydrogen-bond acceptors (Lipinski definition) is 4. The van der Waals surface area contributed by atoms with Gasteiger partial charge in [0, 0.05) is 12.3 Å². The number of aryl methyl sites for hydroxylation is 3. The fraction of sp³-hybridized carbons (Fsp3) is 0.360. The minimum absolute atomic E-state index is 0.0276. The van der Waals surface area contributed by atoms with Crippen LogP contribution in [0.15, 0.2) is 53.4 Å². The topological polar surface area (TPSA) is 47.9 Å². The van der Waals surface area contributed by atoms with Crippen LogP contribution in [0.1, 0.15) is 47.6 Å². The van der Waals surface area contributed by atoms with Crippen molar-refractivity contribution in [3.8, 4) is 0 Å². The molecule has 0 radical (unpaired) electrons. The van der Waals surface area contributed by atoms with E-state index in [0.29, 0.717) is 19.4 Å². The number of hydrogen-bond donors (Lipinski definition) is 0. The first-order valence-corrected chi connectivity index (χ1v) is 9.99. The molecule has 0 bridgehead atoms. The van der Waals surface area contributed by atoms with E-state index in [0.717, 1.165) is 39.3 Å². The highest BCUT2D eigenvalue weighted by atomic mass is 16.6. The summed E-state index contributed by atoms with van der Waals surface area (Å²) in [7, 11) is 1.54. The zero-order chi connectivity index (χ0) is 21.0. The molecule has 4 nitrogen and oxygen atoms in total. The van der Waals surface area contributed by atoms with Crippen molar-refractivity contribution in [3.05, 3.63) is 76.0 Å². The molecule has 1 unspecified atom stereocenters. The van der Waals surface area contributed by atoms with Gasteiger partial charge in [-0.05, 0) is 56.4 Å². The highest BCUT2D eigenvalue weighted by molar-refractivity contribution is 6.24. The largest absolute Gasteiger partial charge is 0.492 e. The maximum absolute atomic E-state index is 13.1. The Morgan fingerprint density at radius 3 is 2.38 bits per heavy atom. The van der Waals surface area contributed by atoms with Gasteiger partial charge in [0.05, 0.1) is 11.3 Å². The van der Waals surface area contributed by atoms with Crippen LogP contribution in [0.5, 0.6) is 0 Å². The summed E-state index contributed by atoms with van der Waals surface area (Å²) in [5.74, 6) is 0.887. The van der Waals surface area contributed by atoms with Crippen molar-refractivity contribution < 1.29 is 14.4 Å². The first kappa shape index (κ1) is 20.8. The minimum atomic E-state index is -0.0276. The summed E-state index contributed by atoms with van der Waals surface area (Å²) >= 11 is 0. The minimum Gasteiger partial charge on any atom is -0.492 e. The molecule has 4 heteroatoms. The van der Waals surface area contributed by atoms with Crippen molar-refractivity contribution in [2.45, 2.75) is 47.1 Å². The van der Waals surface area contributed by atoms with Gasteiger partial charge < -0.3 is 9.57 Å². The van der Waals surface area contributed by atoms with E-state index in [1.54, 1.807) is 0 Å². The molecule has 2 aromatic carbocycles. The van der Waals surface area contributed by atoms with Gasteiger partial charge in [0.1, 0.15) is 19.5 Å². The van der Waals surface area contributed by atoms with Crippen LogP contribution in [0.25, 0.3) is 5.57 Å². The van der Waals surface area contributed by atoms with Gasteiger partial charge in [0.2, 0.25) is 0 Å². The van der Waals surface area contributed by atoms with Crippen molar-refractivity contribution in [3.63, 3.8) is 0 Å². The van der Waals surface area contributed by atoms with Crippen LogP contribution in [-0.2, 0) is 21.0 Å². The SMILES string of the molecule is CO/N=C(\C)CC1CC(=O)C(c2c(C)cc(C)cc2C)=C1OCc1ccccc1. The van der Waals surface area contributed by atoms with Crippen molar-refractivity contribution in [1.29, 1.82) is 0 Å². The molecular weight excluding hydrogens is 362 g/mol. The highest BCUT2D eigenvalue weighted by Crippen LogP contribution is 2.41. The number of ether oxygens (including phenoxy) is 1. The number of rotatable bonds is 7. The fourth-order valence-electron chi connectivity index (χ4n) is 4.24. The first-order chi connectivity index (χ1) is 13.9. The second-order valence-corrected chi connectivity index (χ2v) is 7.82. The second kappa shape index (κ2) is 9.08. The van der Waals surface area contributed by atoms with Crippen molar-refractivity contribution >= 4 is 17.1 Å². The normalized spacial score (nSPS) is 17.1. The van der Waals surface area contributed by atoms with E-state index in [1.165, 1.54) is 12.7 Å². The lowest BCUT2D eigenvalue weighted by Crippen LogP contribution is -2.09. The molecule has 0 N–H and O–H groups in total. The van der Waals surface area contributed by atoms with E-state index in [-0.39, 0.29) is 11.7 Å². The summed E-state index contributed by atoms with van der Waals surface area (Å²) in [6.45, 7) is 8.57. The van der Waals surface area contributed by atoms with E-state index in [9.17, 15) is 4.79 Å². The first-order valence-electron chi connectivity index (χ1n) is 9.99. The number of nitrogens with zero attached hydrogens (tertiary/aromatic N) is 1. The standard InChI is InChI=1S/C25H29NO3/c1-16-11-17(2)23(18(3)12-16)24-22(27)14-21(13-19(4)26-28-5)25(24)29-15-20-9-7-6-8-10-20/h6-12,21H,13-15H2,1-5H3/b26-19+. The molecule has 2 aromatic rings. The number of carbonyl (C=O) groups is 1. The average molecular weight is 392 g/mol. The molecule has 0 saturated heterocycles. The lowest BCUT2D eigenvalue weighted by molar-refractivity contribution is -0.113. The molecule has 0 amide bonds. The number of benzene rings is 2. The van der Waals surface area contributed by atoms with Crippen LogP contribution in [0.3, 0.4) is 0 Å². The van der Waals surface area contributed by atoms with Gasteiger partial charge in [-0.2, -0.15) is 0 Å². The Labute approximate surface area is 173 Å². The third-order valence-corrected chi connectivity index (χ3v) is 5.28. The van der Waals surface area contributed by atoms with Crippen molar-refractivity contribution in [1.82, 2.24) is 0 Å². The maximum Gasteiger partial charge on any atom is 0.167 e. The number of carbonyl (C=O) groups excluding carboxylic acids is 1. The van der Waals surface area contributed by atoms with Gasteiger partial charge in [-0.25, -0.2) is 0 Å². The smallest absolute Gasteiger partial charge is 0.167 e. The number of oxime groups is 1. The molecule has 1 aliphatic carbocycles. The van der Waals surface area contributed by atoms with Crippen LogP contribution in [0, 0.1) is 26.7 Å². The zero-order valence-corrected chi connectivity index (χ0v) is 17.9. The number of ketones is 1. The summed E-state index contributed by atoms with van der Waals surface area (Å²) < 4.78 is 6.32. The average Bonchev–Trinajstić information content (AvgIpc) is 2.95. The Hall–Kier alpha value is -2.88. The van der Waals surface area contributed by atoms with Gasteiger partial charge in [0.25, 0.3) is 0 Å². The molecule has 1 aliphatic rings. The van der Waals surface area contributed by atoms with E-state index in [2.05, 4.69) is 38.1 Å². The molecule has 0 fully saturated rings. The quantitative estimate of drug-likeness (QED) is 0.460. The van der Waals surface area contributed by atoms with E-state index in [4.69, 9.17) is 9.57 Å². The molecule has 3 rings (SSSR count). The summed E-state index contributed by atoms with van der Waals surface area (Å²) in [6.07, 6.45) is 1.07. The molecule has 0 saturated carbocycles. The molecule has 29 heavy (non-hydrogen) atoms. The van der Waals surface area contributed by atoms with Gasteiger partial charge in [-0.3, -0.25) is 4.79 Å². The lowest BCUT2D eigenvalue weighted by atomic mass is 9.92. The Morgan fingerprint density at radius 2 is 1.76 bits per heavy atom. The van der Waals surface area contributed by atoms with Crippen molar-refractivity contribution in [2.75, 3.05) is 7.11 Å². The third kappa shape index (κ3) is 4.76. The van der Waals surface area contributed by atoms with Crippen LogP contribution in [0.4, 0.5) is 0 Å². The Balaban J connectivity index is 2.04. The van der Waals surface area contributed by atoms with Crippen LogP contribution < -0.4 is 0 Å². The molecule has 0 spiro atoms. The molecule has 152 valence electrons. The molecule has 0 heterocycles. The lowest BCUT2D eigenvalue weighted by Gasteiger charge is -2.18. The van der Waals surface area contributed by atoms with E-state index in [1.807, 2.05) is 37.3 Å². The van der Waals surface area contributed by atoms with Gasteiger partial charge in [0.15, 0.2) is 5.78 Å². The number of Topliss-reactive ketones (excluding diaryl/α,β-unsaturated/α-hetero) is 1. The molecule has 0 aromatic heterocycles. The maximum atomic E-state index is 13.1. The molecule has 1 atom stereocenters. The highest BCUT2D eigenvalue weighted by Gasteiger charge is 2.36. The summed E-state index contributed by atoms with van der Waals surface area (Å²) in [5.41, 5.74) is 7.07. The van der Waals surface area contributed by atoms with E-state index < -0.39 is 0 Å². The molecular formula is C25H29NO3. The van der Waals surface area contributed by atoms with Gasteiger partial charge in [-0.15, -0.1) is 0 Å². The Bertz CT molecular complexity index is 934. The fourth-order valence-corrected chi connectivity index (χ4v) is 4.24. The van der Waals surface area contributed by atoms with Gasteiger partial charge in [-0.1, -0.05) is 53.2 Å². The van der Waals surface area contributed by atoms with Crippen LogP contribution in [0.2, 0.25) is 0 Å². The summed E-state index contributed by atoms with van der Waals surface area (Å²) in [5, 5.41) is 4.04. The Kier molecular flexibility index (Phi) is 6.53. The summed E-state index contributed by atoms with van der Waals surface area (Å²) in [4.78, 5) is 18.0. The monoisotopic (exact) mass is 391 g/mol. The van der Waals surface area contributed by atoms with Gasteiger partial charge >= 0.3 is 0 Å². The summed E-state index contributed by atoms with van der Waals surface area (Å²) in [6, 6.07) is 14.3. The zero-order valence-electron chi connectivity index (χ0n) is 17.9. The predicted molar refractivity (Wildman–Crippen MR) is 117 cm³/mol. The van der Waals surface area contributed by atoms with Crippen LogP contribution in [-0.4, -0.2) is 18.6 Å². The van der Waals surface area contributed by atoms with Crippen LogP contribution >= 0.6 is 0 Å². The van der Waals surface area contributed by atoms with Crippen molar-refractivity contribution in [2.24, 2.45) is 11.1 Å². The number of allylic oxidation sites excluding steroid dienone is 2. The Morgan fingerprint density at radius 1 is 1.10 bits per heavy atom.